The van der Waals surface area contributed by atoms with Gasteiger partial charge in [-0.3, -0.25) is 4.90 Å². The summed E-state index contributed by atoms with van der Waals surface area (Å²) in [6, 6.07) is -0.102. The van der Waals surface area contributed by atoms with E-state index in [2.05, 4.69) is 11.8 Å². The van der Waals surface area contributed by atoms with Gasteiger partial charge < -0.3 is 25.0 Å². The Kier molecular flexibility index (Phi) is 10.5. The highest BCUT2D eigenvalue weighted by atomic mass is 16.6. The molecule has 2 aliphatic rings. The second-order valence-electron chi connectivity index (χ2n) is 10.5. The highest BCUT2D eigenvalue weighted by molar-refractivity contribution is 5.68. The molecule has 31 heavy (non-hydrogen) atoms. The zero-order valence-electron chi connectivity index (χ0n) is 20.1. The Bertz CT molecular complexity index is 539. The molecule has 2 unspecified atom stereocenters. The highest BCUT2D eigenvalue weighted by Gasteiger charge is 2.35. The summed E-state index contributed by atoms with van der Waals surface area (Å²) in [7, 11) is 0. The van der Waals surface area contributed by atoms with Gasteiger partial charge in [-0.25, -0.2) is 4.79 Å². The third-order valence-electron chi connectivity index (χ3n) is 6.85. The number of ether oxygens (including phenoxy) is 1. The number of hydrogen-bond donors (Lipinski definition) is 3. The second-order valence-corrected chi connectivity index (χ2v) is 10.5. The molecule has 0 aromatic carbocycles. The minimum Gasteiger partial charge on any atom is -0.444 e. The number of unbranched alkanes of at least 4 members (excludes halogenated alkanes) is 3. The first kappa shape index (κ1) is 26.4. The molecule has 1 aliphatic heterocycles. The number of piperidine rings is 1. The number of carbonyl (C=O) groups excluding carboxylic acids is 1. The van der Waals surface area contributed by atoms with Crippen molar-refractivity contribution in [2.45, 2.75) is 115 Å². The predicted molar refractivity (Wildman–Crippen MR) is 122 cm³/mol. The molecule has 1 aliphatic carbocycles. The van der Waals surface area contributed by atoms with E-state index >= 15 is 0 Å². The lowest BCUT2D eigenvalue weighted by molar-refractivity contribution is -0.0896. The molecule has 5 atom stereocenters. The van der Waals surface area contributed by atoms with Gasteiger partial charge in [0.2, 0.25) is 0 Å². The molecule has 2 rings (SSSR count). The van der Waals surface area contributed by atoms with Crippen molar-refractivity contribution in [2.24, 2.45) is 5.92 Å². The molecule has 0 aromatic heterocycles. The fourth-order valence-electron chi connectivity index (χ4n) is 5.03. The Hall–Kier alpha value is -0.890. The van der Waals surface area contributed by atoms with Crippen LogP contribution >= 0.6 is 0 Å². The van der Waals surface area contributed by atoms with Crippen LogP contribution in [0.25, 0.3) is 0 Å². The third-order valence-corrected chi connectivity index (χ3v) is 6.85. The lowest BCUT2D eigenvalue weighted by Crippen LogP contribution is -2.56. The molecule has 0 radical (unpaired) electrons. The van der Waals surface area contributed by atoms with Gasteiger partial charge in [-0.1, -0.05) is 32.6 Å². The molecule has 0 aromatic rings. The molecule has 1 heterocycles. The lowest BCUT2D eigenvalue weighted by atomic mass is 9.85. The van der Waals surface area contributed by atoms with Gasteiger partial charge in [0.1, 0.15) is 5.60 Å². The van der Waals surface area contributed by atoms with Gasteiger partial charge in [-0.05, 0) is 65.3 Å². The van der Waals surface area contributed by atoms with Crippen LogP contribution in [0.5, 0.6) is 0 Å². The zero-order chi connectivity index (χ0) is 23.0. The van der Waals surface area contributed by atoms with Crippen molar-refractivity contribution in [2.75, 3.05) is 26.2 Å². The minimum atomic E-state index is -0.876. The van der Waals surface area contributed by atoms with Crippen LogP contribution in [0, 0.1) is 5.92 Å². The second kappa shape index (κ2) is 12.4. The monoisotopic (exact) mass is 442 g/mol. The van der Waals surface area contributed by atoms with E-state index in [1.807, 2.05) is 25.7 Å². The summed E-state index contributed by atoms with van der Waals surface area (Å²) in [6.07, 6.45) is 7.40. The first-order valence-corrected chi connectivity index (χ1v) is 12.3. The highest BCUT2D eigenvalue weighted by Crippen LogP contribution is 2.29. The van der Waals surface area contributed by atoms with Crippen LogP contribution in [-0.2, 0) is 4.74 Å². The zero-order valence-corrected chi connectivity index (χ0v) is 20.1. The van der Waals surface area contributed by atoms with Crippen molar-refractivity contribution < 1.29 is 24.9 Å². The standard InChI is InChI=1S/C24H46N2O5/c1-18-11-7-8-12-19(18)26(23(30)31-24(2,3)4)15-10-6-5-9-14-25-16-13-21(28)22(29)20(25)17-27/h18-22,27-29H,5-17H2,1-4H3/t18?,19?,20-,21-,22-/m1/s1. The molecular formula is C24H46N2O5. The quantitative estimate of drug-likeness (QED) is 0.475. The Labute approximate surface area is 188 Å². The summed E-state index contributed by atoms with van der Waals surface area (Å²) >= 11 is 0. The van der Waals surface area contributed by atoms with E-state index in [0.29, 0.717) is 18.9 Å². The van der Waals surface area contributed by atoms with Gasteiger partial charge in [0.05, 0.1) is 24.9 Å². The van der Waals surface area contributed by atoms with E-state index in [0.717, 1.165) is 45.2 Å². The Morgan fingerprint density at radius 3 is 2.39 bits per heavy atom. The van der Waals surface area contributed by atoms with Crippen LogP contribution < -0.4 is 0 Å². The molecule has 1 saturated carbocycles. The largest absolute Gasteiger partial charge is 0.444 e. The Morgan fingerprint density at radius 2 is 1.74 bits per heavy atom. The summed E-state index contributed by atoms with van der Waals surface area (Å²) in [4.78, 5) is 17.0. The van der Waals surface area contributed by atoms with Gasteiger partial charge in [0, 0.05) is 19.1 Å². The molecule has 2 fully saturated rings. The maximum Gasteiger partial charge on any atom is 0.410 e. The fourth-order valence-corrected chi connectivity index (χ4v) is 5.03. The number of carbonyl (C=O) groups is 1. The van der Waals surface area contributed by atoms with Crippen LogP contribution in [0.4, 0.5) is 4.79 Å². The SMILES string of the molecule is CC1CCCCC1N(CCCCCCN1CC[C@@H](O)[C@H](O)[C@H]1CO)C(=O)OC(C)(C)C. The molecule has 7 nitrogen and oxygen atoms in total. The van der Waals surface area contributed by atoms with Crippen molar-refractivity contribution in [3.8, 4) is 0 Å². The first-order valence-electron chi connectivity index (χ1n) is 12.3. The van der Waals surface area contributed by atoms with Crippen molar-refractivity contribution in [3.05, 3.63) is 0 Å². The number of aliphatic hydroxyl groups is 3. The minimum absolute atomic E-state index is 0.136. The van der Waals surface area contributed by atoms with Gasteiger partial charge >= 0.3 is 6.09 Å². The predicted octanol–water partition coefficient (Wildman–Crippen LogP) is 3.15. The number of rotatable bonds is 9. The van der Waals surface area contributed by atoms with E-state index in [-0.39, 0.29) is 24.8 Å². The van der Waals surface area contributed by atoms with Gasteiger partial charge in [0.15, 0.2) is 0 Å². The van der Waals surface area contributed by atoms with Crippen LogP contribution in [0.3, 0.4) is 0 Å². The maximum atomic E-state index is 12.9. The molecule has 7 heteroatoms. The van der Waals surface area contributed by atoms with E-state index in [1.54, 1.807) is 0 Å². The van der Waals surface area contributed by atoms with Crippen LogP contribution in [0.2, 0.25) is 0 Å². The van der Waals surface area contributed by atoms with Gasteiger partial charge in [-0.15, -0.1) is 0 Å². The topological polar surface area (TPSA) is 93.5 Å². The molecule has 1 amide bonds. The van der Waals surface area contributed by atoms with Crippen molar-refractivity contribution in [1.29, 1.82) is 0 Å². The van der Waals surface area contributed by atoms with E-state index in [9.17, 15) is 20.1 Å². The van der Waals surface area contributed by atoms with E-state index < -0.39 is 17.8 Å². The smallest absolute Gasteiger partial charge is 0.410 e. The van der Waals surface area contributed by atoms with Crippen molar-refractivity contribution >= 4 is 6.09 Å². The number of hydrogen-bond acceptors (Lipinski definition) is 6. The Balaban J connectivity index is 1.78. The van der Waals surface area contributed by atoms with Crippen LogP contribution in [0.1, 0.15) is 85.5 Å². The molecule has 3 N–H and O–H groups in total. The summed E-state index contributed by atoms with van der Waals surface area (Å²) in [5.41, 5.74) is -0.483. The summed E-state index contributed by atoms with van der Waals surface area (Å²) in [6.45, 7) is 10.1. The molecule has 0 bridgehead atoms. The fraction of sp³-hybridized carbons (Fsp3) is 0.958. The number of amides is 1. The number of likely N-dealkylation sites (tertiary alicyclic amines) is 1. The normalized spacial score (nSPS) is 30.2. The molecule has 0 spiro atoms. The summed E-state index contributed by atoms with van der Waals surface area (Å²) < 4.78 is 5.71. The van der Waals surface area contributed by atoms with Crippen LogP contribution in [-0.4, -0.2) is 87.3 Å². The molecule has 1 saturated heterocycles. The Morgan fingerprint density at radius 1 is 1.06 bits per heavy atom. The first-order chi connectivity index (χ1) is 14.6. The van der Waals surface area contributed by atoms with Gasteiger partial charge in [0.25, 0.3) is 0 Å². The van der Waals surface area contributed by atoms with Gasteiger partial charge in [-0.2, -0.15) is 0 Å². The molecular weight excluding hydrogens is 396 g/mol. The lowest BCUT2D eigenvalue weighted by Gasteiger charge is -2.40. The van der Waals surface area contributed by atoms with Crippen molar-refractivity contribution in [3.63, 3.8) is 0 Å². The van der Waals surface area contributed by atoms with E-state index in [1.165, 1.54) is 19.3 Å². The summed E-state index contributed by atoms with van der Waals surface area (Å²) in [5.74, 6) is 0.512. The number of nitrogens with zero attached hydrogens (tertiary/aromatic N) is 2. The molecule has 182 valence electrons. The van der Waals surface area contributed by atoms with Crippen molar-refractivity contribution in [1.82, 2.24) is 9.80 Å². The third kappa shape index (κ3) is 8.19. The number of aliphatic hydroxyl groups excluding tert-OH is 3. The average Bonchev–Trinajstić information content (AvgIpc) is 2.69. The van der Waals surface area contributed by atoms with Crippen LogP contribution in [0.15, 0.2) is 0 Å². The van der Waals surface area contributed by atoms with E-state index in [4.69, 9.17) is 4.74 Å². The summed E-state index contributed by atoms with van der Waals surface area (Å²) in [5, 5.41) is 29.5. The maximum absolute atomic E-state index is 12.9. The average molecular weight is 443 g/mol.